The average Bonchev–Trinajstić information content (AvgIpc) is 2.66. The van der Waals surface area contributed by atoms with Crippen LogP contribution in [-0.2, 0) is 48.0 Å². The van der Waals surface area contributed by atoms with Crippen LogP contribution in [0.2, 0.25) is 65.0 Å². The van der Waals surface area contributed by atoms with E-state index in [1.165, 1.54) is 6.55 Å². The van der Waals surface area contributed by atoms with Crippen molar-refractivity contribution in [2.45, 2.75) is 71.9 Å². The third-order valence-corrected chi connectivity index (χ3v) is 78.5. The fourth-order valence-corrected chi connectivity index (χ4v) is 92.6. The molecule has 0 saturated heterocycles. The largest absolute Gasteiger partial charge is 0.575 e. The minimum Gasteiger partial charge on any atom is -0.575 e. The summed E-state index contributed by atoms with van der Waals surface area (Å²) in [6.07, 6.45) is 0. The summed E-state index contributed by atoms with van der Waals surface area (Å²) in [6.45, 7) is 17.2. The van der Waals surface area contributed by atoms with Gasteiger partial charge in [0.15, 0.2) is 8.32 Å². The maximum atomic E-state index is 13.1. The van der Waals surface area contributed by atoms with Crippen molar-refractivity contribution < 1.29 is 48.0 Å². The molecule has 0 aromatic carbocycles. The van der Waals surface area contributed by atoms with Crippen molar-refractivity contribution in [2.75, 3.05) is 0 Å². The smallest absolute Gasteiger partial charge is 0.533 e. The Labute approximate surface area is 214 Å². The van der Waals surface area contributed by atoms with Crippen LogP contribution in [0, 0.1) is 0 Å². The Morgan fingerprint density at radius 1 is 0.559 bits per heavy atom. The molecule has 0 rings (SSSR count). The molecular formula is C11H32O11Si12. The molecule has 0 saturated carbocycles. The summed E-state index contributed by atoms with van der Waals surface area (Å²) in [5.74, 6) is 0. The molecule has 0 amide bonds. The lowest BCUT2D eigenvalue weighted by atomic mass is 11.0. The lowest BCUT2D eigenvalue weighted by Gasteiger charge is -2.30. The third-order valence-electron chi connectivity index (χ3n) is 4.24. The summed E-state index contributed by atoms with van der Waals surface area (Å²) in [4.78, 5) is 0. The molecule has 34 heavy (non-hydrogen) atoms. The highest BCUT2D eigenvalue weighted by atomic mass is 30.0. The van der Waals surface area contributed by atoms with E-state index < -0.39 is 95.5 Å². The SMILES string of the molecule is CC[Si](C)(O[Si](=O)[Si](=O)[Si](C)(C)C)[Si](=O)[Si](=O)[Si](=O)[Si](=O)[Si](=O)[Si](=O)O[Si](C)(C)O[Si](C)(C)C. The summed E-state index contributed by atoms with van der Waals surface area (Å²) >= 11 is 0. The van der Waals surface area contributed by atoms with Gasteiger partial charge >= 0.3 is 71.8 Å². The zero-order valence-electron chi connectivity index (χ0n) is 21.2. The van der Waals surface area contributed by atoms with Gasteiger partial charge in [-0.1, -0.05) is 26.6 Å². The molecule has 0 bridgehead atoms. The fourth-order valence-electron chi connectivity index (χ4n) is 2.51. The van der Waals surface area contributed by atoms with E-state index in [1.54, 1.807) is 39.7 Å². The van der Waals surface area contributed by atoms with Gasteiger partial charge in [-0.3, -0.25) is 0 Å². The topological polar surface area (TPSA) is 164 Å². The van der Waals surface area contributed by atoms with Crippen molar-refractivity contribution in [1.82, 2.24) is 0 Å². The molecule has 190 valence electrons. The Morgan fingerprint density at radius 2 is 1.00 bits per heavy atom. The summed E-state index contributed by atoms with van der Waals surface area (Å²) in [5.41, 5.74) is 0. The van der Waals surface area contributed by atoms with E-state index in [4.69, 9.17) is 12.3 Å². The first kappa shape index (κ1) is 34.6. The Balaban J connectivity index is 5.57. The molecule has 0 N–H and O–H groups in total. The van der Waals surface area contributed by atoms with Crippen molar-refractivity contribution in [1.29, 1.82) is 0 Å². The normalized spacial score (nSPS) is 13.8. The Bertz CT molecular complexity index is 949. The second kappa shape index (κ2) is 12.9. The highest BCUT2D eigenvalue weighted by Gasteiger charge is 2.55. The van der Waals surface area contributed by atoms with Crippen molar-refractivity contribution in [2.24, 2.45) is 0 Å². The van der Waals surface area contributed by atoms with Gasteiger partial charge in [-0.25, -0.2) is 0 Å². The van der Waals surface area contributed by atoms with E-state index in [9.17, 15) is 35.7 Å². The highest BCUT2D eigenvalue weighted by Crippen LogP contribution is 2.16. The number of hydrogen-bond donors (Lipinski definition) is 0. The predicted molar refractivity (Wildman–Crippen MR) is 141 cm³/mol. The van der Waals surface area contributed by atoms with Gasteiger partial charge in [-0.15, -0.1) is 0 Å². The van der Waals surface area contributed by atoms with E-state index >= 15 is 0 Å². The molecule has 0 aliphatic heterocycles. The first-order valence-corrected chi connectivity index (χ1v) is 41.8. The van der Waals surface area contributed by atoms with Gasteiger partial charge in [0, 0.05) is 0 Å². The molecule has 0 aliphatic carbocycles. The standard InChI is InChI=1S/C11H32O11Si12/c1-11-34(10,21-24(13)29(18)32(5,6)7)30(19)28(17)27(16)26(15)25(14)23(12)20-33(8,9)22-31(2,3)4/h11H2,1-10H3. The Hall–Kier alpha value is 0.563. The molecule has 11 nitrogen and oxygen atoms in total. The molecule has 0 aliphatic rings. The number of hydrogen-bond acceptors (Lipinski definition) is 11. The highest BCUT2D eigenvalue weighted by molar-refractivity contribution is 7.72. The molecule has 0 aromatic rings. The van der Waals surface area contributed by atoms with Crippen LogP contribution in [-0.4, -0.2) is 95.5 Å². The second-order valence-electron chi connectivity index (χ2n) is 10.2. The van der Waals surface area contributed by atoms with E-state index in [0.29, 0.717) is 0 Å². The fraction of sp³-hybridized carbons (Fsp3) is 1.00. The molecule has 1 unspecified atom stereocenters. The van der Waals surface area contributed by atoms with E-state index in [0.717, 1.165) is 0 Å². The van der Waals surface area contributed by atoms with Gasteiger partial charge in [0.1, 0.15) is 7.59 Å². The van der Waals surface area contributed by atoms with Crippen LogP contribution in [0.25, 0.3) is 0 Å². The molecule has 0 aromatic heterocycles. The van der Waals surface area contributed by atoms with Crippen LogP contribution >= 0.6 is 0 Å². The maximum absolute atomic E-state index is 13.1. The zero-order valence-corrected chi connectivity index (χ0v) is 33.2. The van der Waals surface area contributed by atoms with Gasteiger partial charge in [0.25, 0.3) is 7.83 Å². The summed E-state index contributed by atoms with van der Waals surface area (Å²) in [7, 11) is -37.3. The monoisotopic (exact) mass is 676 g/mol. The van der Waals surface area contributed by atoms with Crippen molar-refractivity contribution >= 4 is 95.5 Å². The lowest BCUT2D eigenvalue weighted by molar-refractivity contribution is 0.377. The zero-order chi connectivity index (χ0) is 27.4. The van der Waals surface area contributed by atoms with Crippen LogP contribution in [0.5, 0.6) is 0 Å². The molecule has 0 heterocycles. The average molecular weight is 677 g/mol. The van der Waals surface area contributed by atoms with Gasteiger partial charge in [0.05, 0.1) is 0 Å². The van der Waals surface area contributed by atoms with Crippen LogP contribution < -0.4 is 0 Å². The molecule has 23 heteroatoms. The van der Waals surface area contributed by atoms with Gasteiger partial charge in [-0.05, 0) is 45.3 Å². The minimum atomic E-state index is -3.61. The van der Waals surface area contributed by atoms with Crippen molar-refractivity contribution in [3.8, 4) is 0 Å². The van der Waals surface area contributed by atoms with Gasteiger partial charge in [-0.2, -0.15) is 0 Å². The summed E-state index contributed by atoms with van der Waals surface area (Å²) in [5, 5.41) is 0. The molecular weight excluding hydrogens is 645 g/mol. The van der Waals surface area contributed by atoms with Crippen molar-refractivity contribution in [3.63, 3.8) is 0 Å². The number of rotatable bonds is 15. The molecule has 0 radical (unpaired) electrons. The first-order chi connectivity index (χ1) is 15.0. The van der Waals surface area contributed by atoms with Gasteiger partial charge in [0.2, 0.25) is 0 Å². The van der Waals surface area contributed by atoms with E-state index in [-0.39, 0.29) is 6.04 Å². The van der Waals surface area contributed by atoms with Crippen LogP contribution in [0.1, 0.15) is 6.92 Å². The third kappa shape index (κ3) is 10.5. The predicted octanol–water partition coefficient (Wildman–Crippen LogP) is 0.503. The molecule has 0 spiro atoms. The van der Waals surface area contributed by atoms with Crippen LogP contribution in [0.4, 0.5) is 0 Å². The van der Waals surface area contributed by atoms with E-state index in [2.05, 4.69) is 0 Å². The summed E-state index contributed by atoms with van der Waals surface area (Å²) < 4.78 is 118. The second-order valence-corrected chi connectivity index (χ2v) is 67.9. The Kier molecular flexibility index (Phi) is 13.1. The Morgan fingerprint density at radius 3 is 1.38 bits per heavy atom. The van der Waals surface area contributed by atoms with Crippen LogP contribution in [0.3, 0.4) is 0 Å². The molecule has 1 atom stereocenters. The molecule has 0 fully saturated rings. The quantitative estimate of drug-likeness (QED) is 0.222. The summed E-state index contributed by atoms with van der Waals surface area (Å²) in [6, 6.07) is 0.108. The lowest BCUT2D eigenvalue weighted by Crippen LogP contribution is -2.60. The maximum Gasteiger partial charge on any atom is 0.533 e. The first-order valence-electron chi connectivity index (χ1n) is 10.4. The van der Waals surface area contributed by atoms with Gasteiger partial charge < -0.3 is 48.0 Å². The van der Waals surface area contributed by atoms with Crippen LogP contribution in [0.15, 0.2) is 0 Å². The van der Waals surface area contributed by atoms with Crippen molar-refractivity contribution in [3.05, 3.63) is 0 Å². The minimum absolute atomic E-state index is 0.108. The van der Waals surface area contributed by atoms with E-state index in [1.807, 2.05) is 19.6 Å².